The molecule has 3 rings (SSSR count). The highest BCUT2D eigenvalue weighted by Gasteiger charge is 2.32. The van der Waals surface area contributed by atoms with E-state index in [1.54, 1.807) is 0 Å². The van der Waals surface area contributed by atoms with Gasteiger partial charge in [-0.2, -0.15) is 0 Å². The molecule has 0 aliphatic carbocycles. The highest BCUT2D eigenvalue weighted by molar-refractivity contribution is 5.28. The Morgan fingerprint density at radius 2 is 1.90 bits per heavy atom. The maximum atomic E-state index is 6.36. The molecule has 0 spiro atoms. The first-order valence-corrected chi connectivity index (χ1v) is 7.34. The third-order valence-corrected chi connectivity index (χ3v) is 4.16. The standard InChI is InChI=1S/C18H22N2/c1-14-6-5-9-16(12-14)18-17(19)10-11-20(18)13-15-7-3-2-4-8-15/h2-9,12,17-18H,10-11,13,19H2,1H3. The predicted molar refractivity (Wildman–Crippen MR) is 83.4 cm³/mol. The lowest BCUT2D eigenvalue weighted by Gasteiger charge is -2.27. The normalized spacial score (nSPS) is 23.1. The first-order chi connectivity index (χ1) is 9.74. The summed E-state index contributed by atoms with van der Waals surface area (Å²) in [5.74, 6) is 0. The van der Waals surface area contributed by atoms with Crippen LogP contribution in [-0.2, 0) is 6.54 Å². The highest BCUT2D eigenvalue weighted by Crippen LogP contribution is 2.32. The Kier molecular flexibility index (Phi) is 3.86. The van der Waals surface area contributed by atoms with Crippen molar-refractivity contribution < 1.29 is 0 Å². The molecule has 0 bridgehead atoms. The molecule has 2 nitrogen and oxygen atoms in total. The molecule has 104 valence electrons. The Morgan fingerprint density at radius 3 is 2.65 bits per heavy atom. The van der Waals surface area contributed by atoms with Crippen molar-refractivity contribution in [1.82, 2.24) is 4.90 Å². The van der Waals surface area contributed by atoms with Crippen LogP contribution in [0.4, 0.5) is 0 Å². The van der Waals surface area contributed by atoms with Gasteiger partial charge in [0.05, 0.1) is 6.04 Å². The average molecular weight is 266 g/mol. The summed E-state index contributed by atoms with van der Waals surface area (Å²) in [6.07, 6.45) is 1.07. The molecular formula is C18H22N2. The van der Waals surface area contributed by atoms with E-state index in [2.05, 4.69) is 66.4 Å². The molecule has 1 fully saturated rings. The minimum Gasteiger partial charge on any atom is -0.326 e. The van der Waals surface area contributed by atoms with Crippen LogP contribution in [0.1, 0.15) is 29.2 Å². The third-order valence-electron chi connectivity index (χ3n) is 4.16. The molecule has 1 aliphatic rings. The zero-order valence-corrected chi connectivity index (χ0v) is 12.0. The van der Waals surface area contributed by atoms with Crippen LogP contribution in [0.3, 0.4) is 0 Å². The second-order valence-electron chi connectivity index (χ2n) is 5.77. The summed E-state index contributed by atoms with van der Waals surface area (Å²) < 4.78 is 0. The molecule has 0 aromatic heterocycles. The van der Waals surface area contributed by atoms with Crippen molar-refractivity contribution in [3.05, 3.63) is 71.3 Å². The van der Waals surface area contributed by atoms with Crippen LogP contribution in [0.15, 0.2) is 54.6 Å². The minimum absolute atomic E-state index is 0.237. The summed E-state index contributed by atoms with van der Waals surface area (Å²) in [7, 11) is 0. The molecule has 1 heterocycles. The fraction of sp³-hybridized carbons (Fsp3) is 0.333. The van der Waals surface area contributed by atoms with Crippen LogP contribution in [0.25, 0.3) is 0 Å². The van der Waals surface area contributed by atoms with Crippen molar-refractivity contribution in [2.75, 3.05) is 6.54 Å². The molecule has 2 N–H and O–H groups in total. The van der Waals surface area contributed by atoms with Crippen molar-refractivity contribution in [3.63, 3.8) is 0 Å². The van der Waals surface area contributed by atoms with E-state index >= 15 is 0 Å². The second kappa shape index (κ2) is 5.78. The fourth-order valence-electron chi connectivity index (χ4n) is 3.19. The molecule has 0 amide bonds. The van der Waals surface area contributed by atoms with Gasteiger partial charge in [-0.3, -0.25) is 4.90 Å². The Balaban J connectivity index is 1.83. The molecule has 0 saturated carbocycles. The average Bonchev–Trinajstić information content (AvgIpc) is 2.81. The molecule has 1 aliphatic heterocycles. The number of likely N-dealkylation sites (tertiary alicyclic amines) is 1. The Bertz CT molecular complexity index is 565. The van der Waals surface area contributed by atoms with Gasteiger partial charge in [0.15, 0.2) is 0 Å². The smallest absolute Gasteiger partial charge is 0.0503 e. The third kappa shape index (κ3) is 2.77. The van der Waals surface area contributed by atoms with Crippen molar-refractivity contribution in [1.29, 1.82) is 0 Å². The summed E-state index contributed by atoms with van der Waals surface area (Å²) in [4.78, 5) is 2.51. The highest BCUT2D eigenvalue weighted by atomic mass is 15.2. The number of rotatable bonds is 3. The first-order valence-electron chi connectivity index (χ1n) is 7.34. The van der Waals surface area contributed by atoms with E-state index in [1.807, 2.05) is 0 Å². The van der Waals surface area contributed by atoms with Gasteiger partial charge in [-0.25, -0.2) is 0 Å². The van der Waals surface area contributed by atoms with E-state index in [0.717, 1.165) is 19.5 Å². The van der Waals surface area contributed by atoms with E-state index < -0.39 is 0 Å². The van der Waals surface area contributed by atoms with Gasteiger partial charge in [0, 0.05) is 19.1 Å². The molecule has 2 unspecified atom stereocenters. The summed E-state index contributed by atoms with van der Waals surface area (Å²) in [6.45, 7) is 4.20. The van der Waals surface area contributed by atoms with E-state index in [1.165, 1.54) is 16.7 Å². The quantitative estimate of drug-likeness (QED) is 0.924. The van der Waals surface area contributed by atoms with Crippen LogP contribution in [0.5, 0.6) is 0 Å². The van der Waals surface area contributed by atoms with Crippen molar-refractivity contribution in [3.8, 4) is 0 Å². The van der Waals surface area contributed by atoms with E-state index in [0.29, 0.717) is 6.04 Å². The van der Waals surface area contributed by atoms with Gasteiger partial charge in [-0.15, -0.1) is 0 Å². The number of hydrogen-bond donors (Lipinski definition) is 1. The number of hydrogen-bond acceptors (Lipinski definition) is 2. The van der Waals surface area contributed by atoms with Crippen molar-refractivity contribution >= 4 is 0 Å². The minimum atomic E-state index is 0.237. The number of benzene rings is 2. The van der Waals surface area contributed by atoms with E-state index in [9.17, 15) is 0 Å². The molecule has 20 heavy (non-hydrogen) atoms. The molecule has 2 atom stereocenters. The maximum absolute atomic E-state index is 6.36. The largest absolute Gasteiger partial charge is 0.326 e. The summed E-state index contributed by atoms with van der Waals surface area (Å²) in [5.41, 5.74) is 10.4. The Hall–Kier alpha value is -1.64. The molecule has 2 aromatic rings. The zero-order chi connectivity index (χ0) is 13.9. The van der Waals surface area contributed by atoms with Gasteiger partial charge in [-0.05, 0) is 24.5 Å². The number of nitrogens with zero attached hydrogens (tertiary/aromatic N) is 1. The van der Waals surface area contributed by atoms with Gasteiger partial charge in [-0.1, -0.05) is 60.2 Å². The van der Waals surface area contributed by atoms with E-state index in [-0.39, 0.29) is 6.04 Å². The number of aryl methyl sites for hydroxylation is 1. The van der Waals surface area contributed by atoms with Crippen LogP contribution in [-0.4, -0.2) is 17.5 Å². The van der Waals surface area contributed by atoms with Crippen LogP contribution >= 0.6 is 0 Å². The van der Waals surface area contributed by atoms with Gasteiger partial charge >= 0.3 is 0 Å². The fourth-order valence-corrected chi connectivity index (χ4v) is 3.19. The van der Waals surface area contributed by atoms with Gasteiger partial charge in [0.1, 0.15) is 0 Å². The van der Waals surface area contributed by atoms with Gasteiger partial charge < -0.3 is 5.73 Å². The molecule has 2 heteroatoms. The van der Waals surface area contributed by atoms with E-state index in [4.69, 9.17) is 5.73 Å². The lowest BCUT2D eigenvalue weighted by Crippen LogP contribution is -2.31. The second-order valence-corrected chi connectivity index (χ2v) is 5.77. The summed E-state index contributed by atoms with van der Waals surface area (Å²) in [6, 6.07) is 20.0. The van der Waals surface area contributed by atoms with Crippen LogP contribution in [0, 0.1) is 6.92 Å². The SMILES string of the molecule is Cc1cccc(C2C(N)CCN2Cc2ccccc2)c1. The zero-order valence-electron chi connectivity index (χ0n) is 12.0. The van der Waals surface area contributed by atoms with Crippen molar-refractivity contribution in [2.24, 2.45) is 5.73 Å². The summed E-state index contributed by atoms with van der Waals surface area (Å²) >= 11 is 0. The van der Waals surface area contributed by atoms with Gasteiger partial charge in [0.2, 0.25) is 0 Å². The van der Waals surface area contributed by atoms with Gasteiger partial charge in [0.25, 0.3) is 0 Å². The lowest BCUT2D eigenvalue weighted by atomic mass is 9.99. The topological polar surface area (TPSA) is 29.3 Å². The Morgan fingerprint density at radius 1 is 1.10 bits per heavy atom. The van der Waals surface area contributed by atoms with Crippen LogP contribution in [0.2, 0.25) is 0 Å². The lowest BCUT2D eigenvalue weighted by molar-refractivity contribution is 0.239. The van der Waals surface area contributed by atoms with Crippen LogP contribution < -0.4 is 5.73 Å². The monoisotopic (exact) mass is 266 g/mol. The molecule has 0 radical (unpaired) electrons. The summed E-state index contributed by atoms with van der Waals surface area (Å²) in [5, 5.41) is 0. The molecule has 2 aromatic carbocycles. The predicted octanol–water partition coefficient (Wildman–Crippen LogP) is 3.27. The Labute approximate surface area is 121 Å². The molecule has 1 saturated heterocycles. The maximum Gasteiger partial charge on any atom is 0.0503 e. The van der Waals surface area contributed by atoms with Crippen molar-refractivity contribution in [2.45, 2.75) is 32.0 Å². The number of nitrogens with two attached hydrogens (primary N) is 1. The first kappa shape index (κ1) is 13.3. The molecular weight excluding hydrogens is 244 g/mol.